The van der Waals surface area contributed by atoms with Crippen LogP contribution in [-0.2, 0) is 0 Å². The van der Waals surface area contributed by atoms with Gasteiger partial charge in [-0.2, -0.15) is 0 Å². The summed E-state index contributed by atoms with van der Waals surface area (Å²) in [5, 5.41) is 7.52. The molecule has 2 nitrogen and oxygen atoms in total. The molecule has 0 fully saturated rings. The molecule has 0 radical (unpaired) electrons. The Bertz CT molecular complexity index is 2780. The lowest BCUT2D eigenvalue weighted by atomic mass is 9.86. The number of hydrogen-bond acceptors (Lipinski definition) is 1. The summed E-state index contributed by atoms with van der Waals surface area (Å²) < 4.78 is 2.41. The third-order valence-corrected chi connectivity index (χ3v) is 10.4. The fourth-order valence-electron chi connectivity index (χ4n) is 8.11. The molecule has 9 aromatic carbocycles. The van der Waals surface area contributed by atoms with Gasteiger partial charge in [0.15, 0.2) is 0 Å². The summed E-state index contributed by atoms with van der Waals surface area (Å²) in [6, 6.07) is 74.5. The molecule has 10 aromatic rings. The van der Waals surface area contributed by atoms with Gasteiger partial charge in [0.25, 0.3) is 0 Å². The molecule has 0 aliphatic rings. The van der Waals surface area contributed by atoms with E-state index in [1.165, 1.54) is 65.6 Å². The molecule has 0 unspecified atom stereocenters. The predicted octanol–water partition coefficient (Wildman–Crippen LogP) is 13.9. The Labute approximate surface area is 303 Å². The van der Waals surface area contributed by atoms with E-state index in [9.17, 15) is 0 Å². The Balaban J connectivity index is 1.14. The van der Waals surface area contributed by atoms with E-state index in [1.807, 2.05) is 0 Å². The van der Waals surface area contributed by atoms with E-state index >= 15 is 0 Å². The Morgan fingerprint density at radius 3 is 1.25 bits per heavy atom. The maximum Gasteiger partial charge on any atom is 0.0542 e. The average Bonchev–Trinajstić information content (AvgIpc) is 3.55. The van der Waals surface area contributed by atoms with Gasteiger partial charge >= 0.3 is 0 Å². The number of fused-ring (bicyclic) bond motifs is 5. The van der Waals surface area contributed by atoms with E-state index in [1.54, 1.807) is 0 Å². The first kappa shape index (κ1) is 30.0. The maximum atomic E-state index is 2.41. The van der Waals surface area contributed by atoms with Gasteiger partial charge in [-0.15, -0.1) is 0 Å². The second-order valence-corrected chi connectivity index (χ2v) is 13.3. The first-order valence-corrected chi connectivity index (χ1v) is 17.9. The highest BCUT2D eigenvalue weighted by Crippen LogP contribution is 2.44. The van der Waals surface area contributed by atoms with Crippen LogP contribution in [0.3, 0.4) is 0 Å². The van der Waals surface area contributed by atoms with Crippen LogP contribution in [-0.4, -0.2) is 4.57 Å². The van der Waals surface area contributed by atoms with E-state index in [2.05, 4.69) is 216 Å². The van der Waals surface area contributed by atoms with Crippen molar-refractivity contribution in [1.82, 2.24) is 4.57 Å². The fourth-order valence-corrected chi connectivity index (χ4v) is 8.11. The van der Waals surface area contributed by atoms with Gasteiger partial charge in [0.05, 0.1) is 11.0 Å². The molecule has 0 atom stereocenters. The lowest BCUT2D eigenvalue weighted by molar-refractivity contribution is 1.18. The lowest BCUT2D eigenvalue weighted by Gasteiger charge is -2.25. The van der Waals surface area contributed by atoms with Crippen LogP contribution in [0.2, 0.25) is 0 Å². The van der Waals surface area contributed by atoms with Crippen molar-refractivity contribution >= 4 is 60.4 Å². The highest BCUT2D eigenvalue weighted by atomic mass is 15.1. The van der Waals surface area contributed by atoms with Crippen LogP contribution in [0.4, 0.5) is 17.1 Å². The average molecular weight is 663 g/mol. The number of rotatable bonds is 6. The van der Waals surface area contributed by atoms with Crippen LogP contribution in [0.5, 0.6) is 0 Å². The smallest absolute Gasteiger partial charge is 0.0542 e. The van der Waals surface area contributed by atoms with Crippen LogP contribution in [0.1, 0.15) is 0 Å². The number of benzene rings is 9. The Hall–Kier alpha value is -6.90. The molecular formula is C50H34N2. The molecule has 1 aromatic heterocycles. The molecule has 0 spiro atoms. The van der Waals surface area contributed by atoms with Crippen LogP contribution >= 0.6 is 0 Å². The lowest BCUT2D eigenvalue weighted by Crippen LogP contribution is -2.09. The van der Waals surface area contributed by atoms with Gasteiger partial charge in [0, 0.05) is 33.5 Å². The standard InChI is InChI=1S/C50H34N2/c1-4-16-35(17-5-1)49-42-23-10-12-25-44(42)50(45-26-13-11-24-43(45)49)36-28-30-39(31-29-36)52-47-27-15-14-22-41(47)46-34-40(32-33-48(46)52)51(37-18-6-2-7-19-37)38-20-8-3-9-21-38/h1-34H. The molecule has 0 N–H and O–H groups in total. The van der Waals surface area contributed by atoms with Crippen molar-refractivity contribution in [2.24, 2.45) is 0 Å². The molecule has 0 saturated heterocycles. The highest BCUT2D eigenvalue weighted by molar-refractivity contribution is 6.21. The van der Waals surface area contributed by atoms with Gasteiger partial charge in [-0.3, -0.25) is 0 Å². The molecule has 10 rings (SSSR count). The zero-order valence-electron chi connectivity index (χ0n) is 28.5. The van der Waals surface area contributed by atoms with E-state index in [-0.39, 0.29) is 0 Å². The third kappa shape index (κ3) is 4.88. The van der Waals surface area contributed by atoms with Crippen molar-refractivity contribution in [3.63, 3.8) is 0 Å². The summed E-state index contributed by atoms with van der Waals surface area (Å²) in [5.41, 5.74) is 11.9. The van der Waals surface area contributed by atoms with Crippen molar-refractivity contribution in [2.75, 3.05) is 4.90 Å². The number of para-hydroxylation sites is 3. The SMILES string of the molecule is c1ccc(-c2c3ccccc3c(-c3ccc(-n4c5ccccc5c5cc(N(c6ccccc6)c6ccccc6)ccc54)cc3)c3ccccc23)cc1. The molecule has 52 heavy (non-hydrogen) atoms. The van der Waals surface area contributed by atoms with Crippen LogP contribution in [0.15, 0.2) is 206 Å². The van der Waals surface area contributed by atoms with Gasteiger partial charge in [-0.05, 0) is 104 Å². The Morgan fingerprint density at radius 1 is 0.288 bits per heavy atom. The van der Waals surface area contributed by atoms with Crippen molar-refractivity contribution in [3.05, 3.63) is 206 Å². The topological polar surface area (TPSA) is 8.17 Å². The molecule has 2 heteroatoms. The van der Waals surface area contributed by atoms with E-state index in [4.69, 9.17) is 0 Å². The van der Waals surface area contributed by atoms with Gasteiger partial charge in [-0.25, -0.2) is 0 Å². The number of nitrogens with zero attached hydrogens (tertiary/aromatic N) is 2. The zero-order chi connectivity index (χ0) is 34.4. The molecule has 1 heterocycles. The summed E-state index contributed by atoms with van der Waals surface area (Å²) in [6.07, 6.45) is 0. The normalized spacial score (nSPS) is 11.5. The largest absolute Gasteiger partial charge is 0.310 e. The number of anilines is 3. The van der Waals surface area contributed by atoms with Crippen molar-refractivity contribution in [2.45, 2.75) is 0 Å². The second kappa shape index (κ2) is 12.5. The van der Waals surface area contributed by atoms with Crippen LogP contribution in [0, 0.1) is 0 Å². The Kier molecular flexibility index (Phi) is 7.18. The third-order valence-electron chi connectivity index (χ3n) is 10.4. The summed E-state index contributed by atoms with van der Waals surface area (Å²) >= 11 is 0. The molecule has 244 valence electrons. The highest BCUT2D eigenvalue weighted by Gasteiger charge is 2.19. The molecule has 0 aliphatic carbocycles. The monoisotopic (exact) mass is 662 g/mol. The van der Waals surface area contributed by atoms with Gasteiger partial charge < -0.3 is 9.47 Å². The molecule has 0 amide bonds. The van der Waals surface area contributed by atoms with Gasteiger partial charge in [0.2, 0.25) is 0 Å². The zero-order valence-corrected chi connectivity index (χ0v) is 28.5. The Morgan fingerprint density at radius 2 is 0.712 bits per heavy atom. The minimum Gasteiger partial charge on any atom is -0.310 e. The molecule has 0 saturated carbocycles. The van der Waals surface area contributed by atoms with E-state index < -0.39 is 0 Å². The van der Waals surface area contributed by atoms with Crippen molar-refractivity contribution in [1.29, 1.82) is 0 Å². The summed E-state index contributed by atoms with van der Waals surface area (Å²) in [6.45, 7) is 0. The van der Waals surface area contributed by atoms with E-state index in [0.717, 1.165) is 22.7 Å². The minimum absolute atomic E-state index is 1.13. The fraction of sp³-hybridized carbons (Fsp3) is 0. The summed E-state index contributed by atoms with van der Waals surface area (Å²) in [5.74, 6) is 0. The quantitative estimate of drug-likeness (QED) is 0.161. The maximum absolute atomic E-state index is 2.41. The first-order chi connectivity index (χ1) is 25.8. The van der Waals surface area contributed by atoms with Gasteiger partial charge in [0.1, 0.15) is 0 Å². The summed E-state index contributed by atoms with van der Waals surface area (Å²) in [4.78, 5) is 2.33. The molecule has 0 bridgehead atoms. The van der Waals surface area contributed by atoms with E-state index in [0.29, 0.717) is 0 Å². The van der Waals surface area contributed by atoms with Gasteiger partial charge in [-0.1, -0.05) is 146 Å². The first-order valence-electron chi connectivity index (χ1n) is 17.9. The number of aromatic nitrogens is 1. The molecular weight excluding hydrogens is 629 g/mol. The van der Waals surface area contributed by atoms with Crippen molar-refractivity contribution in [3.8, 4) is 27.9 Å². The number of hydrogen-bond donors (Lipinski definition) is 0. The van der Waals surface area contributed by atoms with Crippen LogP contribution < -0.4 is 4.90 Å². The van der Waals surface area contributed by atoms with Crippen molar-refractivity contribution < 1.29 is 0 Å². The minimum atomic E-state index is 1.13. The predicted molar refractivity (Wildman–Crippen MR) is 221 cm³/mol. The summed E-state index contributed by atoms with van der Waals surface area (Å²) in [7, 11) is 0. The van der Waals surface area contributed by atoms with Crippen LogP contribution in [0.25, 0.3) is 71.3 Å². The second-order valence-electron chi connectivity index (χ2n) is 13.3. The molecule has 0 aliphatic heterocycles.